The highest BCUT2D eigenvalue weighted by Crippen LogP contribution is 2.10. The van der Waals surface area contributed by atoms with Gasteiger partial charge in [-0.2, -0.15) is 0 Å². The maximum atomic E-state index is 12.0. The van der Waals surface area contributed by atoms with Gasteiger partial charge in [-0.05, 0) is 31.0 Å². The van der Waals surface area contributed by atoms with Crippen molar-refractivity contribution in [3.63, 3.8) is 0 Å². The number of nitrogens with one attached hydrogen (secondary N) is 1. The Kier molecular flexibility index (Phi) is 6.09. The number of aromatic nitrogens is 2. The second-order valence-corrected chi connectivity index (χ2v) is 4.84. The molecule has 1 aromatic heterocycles. The van der Waals surface area contributed by atoms with Crippen LogP contribution < -0.4 is 5.32 Å². The molecule has 0 atom stereocenters. The van der Waals surface area contributed by atoms with E-state index in [0.29, 0.717) is 18.7 Å². The molecule has 0 saturated carbocycles. The van der Waals surface area contributed by atoms with Crippen LogP contribution in [0.2, 0.25) is 0 Å². The van der Waals surface area contributed by atoms with E-state index in [-0.39, 0.29) is 5.91 Å². The van der Waals surface area contributed by atoms with Gasteiger partial charge in [0.05, 0.1) is 11.0 Å². The second kappa shape index (κ2) is 8.32. The number of rotatable bonds is 8. The largest absolute Gasteiger partial charge is 0.381 e. The Morgan fingerprint density at radius 1 is 1.14 bits per heavy atom. The van der Waals surface area contributed by atoms with Gasteiger partial charge in [-0.25, -0.2) is 0 Å². The number of nitrogens with zero attached hydrogens (tertiary/aromatic N) is 2. The molecule has 2 rings (SSSR count). The number of fused-ring (bicyclic) bond motifs is 1. The Hall–Kier alpha value is -2.01. The second-order valence-electron chi connectivity index (χ2n) is 4.84. The summed E-state index contributed by atoms with van der Waals surface area (Å²) in [5, 5.41) is 2.89. The fourth-order valence-electron chi connectivity index (χ4n) is 1.93. The first-order valence-electron chi connectivity index (χ1n) is 7.38. The molecule has 0 unspecified atom stereocenters. The monoisotopic (exact) mass is 287 g/mol. The van der Waals surface area contributed by atoms with Crippen LogP contribution in [0.1, 0.15) is 36.5 Å². The van der Waals surface area contributed by atoms with Gasteiger partial charge < -0.3 is 10.1 Å². The fourth-order valence-corrected chi connectivity index (χ4v) is 1.93. The Bertz CT molecular complexity index is 586. The third-order valence-corrected chi connectivity index (χ3v) is 3.12. The minimum atomic E-state index is -0.0869. The lowest BCUT2D eigenvalue weighted by atomic mass is 10.2. The van der Waals surface area contributed by atoms with Crippen LogP contribution >= 0.6 is 0 Å². The van der Waals surface area contributed by atoms with Crippen LogP contribution in [-0.2, 0) is 4.74 Å². The van der Waals surface area contributed by atoms with E-state index in [0.717, 1.165) is 36.9 Å². The number of ether oxygens (including phenoxy) is 1. The molecule has 0 bridgehead atoms. The third kappa shape index (κ3) is 4.79. The van der Waals surface area contributed by atoms with Crippen molar-refractivity contribution in [3.8, 4) is 0 Å². The van der Waals surface area contributed by atoms with Gasteiger partial charge in [-0.1, -0.05) is 13.3 Å². The van der Waals surface area contributed by atoms with Crippen molar-refractivity contribution < 1.29 is 9.53 Å². The molecule has 1 amide bonds. The molecule has 0 saturated heterocycles. The highest BCUT2D eigenvalue weighted by Gasteiger charge is 2.06. The summed E-state index contributed by atoms with van der Waals surface area (Å²) >= 11 is 0. The minimum absolute atomic E-state index is 0.0869. The number of amides is 1. The summed E-state index contributed by atoms with van der Waals surface area (Å²) in [7, 11) is 0. The van der Waals surface area contributed by atoms with Gasteiger partial charge in [0.25, 0.3) is 5.91 Å². The molecule has 1 N–H and O–H groups in total. The first-order chi connectivity index (χ1) is 10.3. The highest BCUT2D eigenvalue weighted by molar-refractivity contribution is 5.97. The summed E-state index contributed by atoms with van der Waals surface area (Å²) in [6.07, 6.45) is 6.31. The van der Waals surface area contributed by atoms with E-state index in [1.165, 1.54) is 0 Å². The van der Waals surface area contributed by atoms with Crippen molar-refractivity contribution in [1.29, 1.82) is 0 Å². The van der Waals surface area contributed by atoms with Gasteiger partial charge in [-0.3, -0.25) is 14.8 Å². The van der Waals surface area contributed by atoms with E-state index in [1.807, 2.05) is 6.07 Å². The molecular weight excluding hydrogens is 266 g/mol. The molecule has 112 valence electrons. The van der Waals surface area contributed by atoms with Crippen molar-refractivity contribution in [1.82, 2.24) is 15.3 Å². The predicted molar refractivity (Wildman–Crippen MR) is 82.2 cm³/mol. The molecule has 0 aliphatic carbocycles. The number of benzene rings is 1. The van der Waals surface area contributed by atoms with Crippen molar-refractivity contribution in [2.45, 2.75) is 26.2 Å². The molecule has 0 aliphatic heterocycles. The van der Waals surface area contributed by atoms with Gasteiger partial charge in [0.15, 0.2) is 0 Å². The average Bonchev–Trinajstić information content (AvgIpc) is 2.53. The smallest absolute Gasteiger partial charge is 0.251 e. The topological polar surface area (TPSA) is 64.1 Å². The zero-order chi connectivity index (χ0) is 14.9. The van der Waals surface area contributed by atoms with E-state index in [9.17, 15) is 4.79 Å². The molecule has 0 fully saturated rings. The maximum absolute atomic E-state index is 12.0. The van der Waals surface area contributed by atoms with Gasteiger partial charge in [-0.15, -0.1) is 0 Å². The van der Waals surface area contributed by atoms with Crippen molar-refractivity contribution >= 4 is 16.9 Å². The highest BCUT2D eigenvalue weighted by atomic mass is 16.5. The van der Waals surface area contributed by atoms with Crippen molar-refractivity contribution in [2.24, 2.45) is 0 Å². The summed E-state index contributed by atoms with van der Waals surface area (Å²) in [6, 6.07) is 5.34. The van der Waals surface area contributed by atoms with Crippen LogP contribution in [0.5, 0.6) is 0 Å². The number of hydrogen-bond acceptors (Lipinski definition) is 4. The van der Waals surface area contributed by atoms with Crippen LogP contribution in [0.4, 0.5) is 0 Å². The Labute approximate surface area is 124 Å². The van der Waals surface area contributed by atoms with Crippen molar-refractivity contribution in [2.75, 3.05) is 19.8 Å². The number of unbranched alkanes of at least 4 members (excludes halogenated alkanes) is 1. The Morgan fingerprint density at radius 3 is 2.71 bits per heavy atom. The van der Waals surface area contributed by atoms with Crippen LogP contribution in [0.25, 0.3) is 11.0 Å². The molecule has 21 heavy (non-hydrogen) atoms. The van der Waals surface area contributed by atoms with E-state index < -0.39 is 0 Å². The molecule has 2 aromatic rings. The van der Waals surface area contributed by atoms with Gasteiger partial charge in [0.2, 0.25) is 0 Å². The molecule has 0 spiro atoms. The molecular formula is C16H21N3O2. The van der Waals surface area contributed by atoms with Gasteiger partial charge >= 0.3 is 0 Å². The Balaban J connectivity index is 1.77. The first-order valence-corrected chi connectivity index (χ1v) is 7.38. The lowest BCUT2D eigenvalue weighted by Crippen LogP contribution is -2.25. The summed E-state index contributed by atoms with van der Waals surface area (Å²) in [5.74, 6) is -0.0869. The summed E-state index contributed by atoms with van der Waals surface area (Å²) in [6.45, 7) is 4.23. The lowest BCUT2D eigenvalue weighted by molar-refractivity contribution is 0.0940. The molecule has 5 nitrogen and oxygen atoms in total. The van der Waals surface area contributed by atoms with Crippen LogP contribution in [0.3, 0.4) is 0 Å². The quantitative estimate of drug-likeness (QED) is 0.758. The van der Waals surface area contributed by atoms with Crippen LogP contribution in [0.15, 0.2) is 30.6 Å². The minimum Gasteiger partial charge on any atom is -0.381 e. The lowest BCUT2D eigenvalue weighted by Gasteiger charge is -2.06. The summed E-state index contributed by atoms with van der Waals surface area (Å²) in [4.78, 5) is 20.4. The summed E-state index contributed by atoms with van der Waals surface area (Å²) in [5.41, 5.74) is 2.13. The standard InChI is InChI=1S/C16H21N3O2/c1-2-3-10-21-11-4-7-19-16(20)13-5-6-14-15(12-13)18-9-8-17-14/h5-6,8-9,12H,2-4,7,10-11H2,1H3,(H,19,20). The molecule has 0 aliphatic rings. The van der Waals surface area contributed by atoms with E-state index in [2.05, 4.69) is 22.2 Å². The average molecular weight is 287 g/mol. The molecule has 5 heteroatoms. The molecule has 0 radical (unpaired) electrons. The SMILES string of the molecule is CCCCOCCCNC(=O)c1ccc2nccnc2c1. The van der Waals surface area contributed by atoms with E-state index in [1.54, 1.807) is 24.5 Å². The maximum Gasteiger partial charge on any atom is 0.251 e. The molecule has 1 aromatic carbocycles. The normalized spacial score (nSPS) is 10.7. The third-order valence-electron chi connectivity index (χ3n) is 3.12. The first kappa shape index (κ1) is 15.4. The van der Waals surface area contributed by atoms with Crippen LogP contribution in [-0.4, -0.2) is 35.6 Å². The number of carbonyl (C=O) groups is 1. The summed E-state index contributed by atoms with van der Waals surface area (Å²) < 4.78 is 5.45. The fraction of sp³-hybridized carbons (Fsp3) is 0.438. The predicted octanol–water partition coefficient (Wildman–Crippen LogP) is 2.57. The number of carbonyl (C=O) groups excluding carboxylic acids is 1. The van der Waals surface area contributed by atoms with Gasteiger partial charge in [0, 0.05) is 37.7 Å². The van der Waals surface area contributed by atoms with Crippen molar-refractivity contribution in [3.05, 3.63) is 36.2 Å². The van der Waals surface area contributed by atoms with E-state index >= 15 is 0 Å². The van der Waals surface area contributed by atoms with E-state index in [4.69, 9.17) is 4.74 Å². The Morgan fingerprint density at radius 2 is 1.90 bits per heavy atom. The molecule has 1 heterocycles. The van der Waals surface area contributed by atoms with Gasteiger partial charge in [0.1, 0.15) is 0 Å². The zero-order valence-corrected chi connectivity index (χ0v) is 12.3. The number of hydrogen-bond donors (Lipinski definition) is 1. The van der Waals surface area contributed by atoms with Crippen LogP contribution in [0, 0.1) is 0 Å². The zero-order valence-electron chi connectivity index (χ0n) is 12.3.